The van der Waals surface area contributed by atoms with Crippen molar-refractivity contribution >= 4 is 17.3 Å². The molecule has 0 fully saturated rings. The Morgan fingerprint density at radius 1 is 1.85 bits per heavy atom. The Balaban J connectivity index is 2.59. The van der Waals surface area contributed by atoms with E-state index in [1.165, 1.54) is 0 Å². The fourth-order valence-corrected chi connectivity index (χ4v) is 1.72. The summed E-state index contributed by atoms with van der Waals surface area (Å²) in [7, 11) is 1.75. The number of aromatic nitrogens is 1. The van der Waals surface area contributed by atoms with Crippen LogP contribution in [-0.2, 0) is 6.54 Å². The van der Waals surface area contributed by atoms with Crippen molar-refractivity contribution in [2.75, 3.05) is 7.05 Å². The molecule has 0 amide bonds. The van der Waals surface area contributed by atoms with Crippen LogP contribution >= 0.6 is 11.3 Å². The summed E-state index contributed by atoms with van der Waals surface area (Å²) >= 11 is 1.60. The summed E-state index contributed by atoms with van der Waals surface area (Å²) < 4.78 is 0. The Morgan fingerprint density at radius 3 is 3.00 bits per heavy atom. The molecule has 1 aromatic heterocycles. The molecule has 3 N–H and O–H groups in total. The second-order valence-electron chi connectivity index (χ2n) is 2.66. The van der Waals surface area contributed by atoms with E-state index in [1.54, 1.807) is 29.5 Å². The number of oxime groups is 1. The average molecular weight is 200 g/mol. The van der Waals surface area contributed by atoms with Gasteiger partial charge in [-0.05, 0) is 6.92 Å². The number of aryl methyl sites for hydroxylation is 1. The second-order valence-corrected chi connectivity index (χ2v) is 3.98. The van der Waals surface area contributed by atoms with E-state index >= 15 is 0 Å². The third kappa shape index (κ3) is 2.59. The fraction of sp³-hybridized carbons (Fsp3) is 0.429. The minimum Gasteiger partial charge on any atom is -0.408 e. The van der Waals surface area contributed by atoms with Gasteiger partial charge < -0.3 is 15.8 Å². The summed E-state index contributed by atoms with van der Waals surface area (Å²) in [5.41, 5.74) is 5.38. The summed E-state index contributed by atoms with van der Waals surface area (Å²) in [6.07, 6.45) is 1.79. The van der Waals surface area contributed by atoms with Crippen molar-refractivity contribution in [3.05, 3.63) is 16.1 Å². The van der Waals surface area contributed by atoms with Crippen molar-refractivity contribution in [3.63, 3.8) is 0 Å². The van der Waals surface area contributed by atoms with Gasteiger partial charge in [-0.15, -0.1) is 11.3 Å². The molecule has 0 atom stereocenters. The lowest BCUT2D eigenvalue weighted by atomic mass is 10.5. The lowest BCUT2D eigenvalue weighted by Gasteiger charge is -2.14. The van der Waals surface area contributed by atoms with Gasteiger partial charge in [0.2, 0.25) is 5.96 Å². The number of guanidine groups is 1. The van der Waals surface area contributed by atoms with Gasteiger partial charge in [-0.3, -0.25) is 0 Å². The van der Waals surface area contributed by atoms with E-state index in [9.17, 15) is 0 Å². The topological polar surface area (TPSA) is 74.7 Å². The van der Waals surface area contributed by atoms with Gasteiger partial charge in [-0.1, -0.05) is 5.16 Å². The third-order valence-corrected chi connectivity index (χ3v) is 2.45. The van der Waals surface area contributed by atoms with E-state index in [1.807, 2.05) is 6.92 Å². The lowest BCUT2D eigenvalue weighted by molar-refractivity contribution is 0.304. The van der Waals surface area contributed by atoms with Gasteiger partial charge in [0.25, 0.3) is 0 Å². The molecule has 0 unspecified atom stereocenters. The van der Waals surface area contributed by atoms with Crippen molar-refractivity contribution in [2.24, 2.45) is 10.9 Å². The zero-order valence-corrected chi connectivity index (χ0v) is 8.38. The minimum atomic E-state index is 0.103. The van der Waals surface area contributed by atoms with Crippen LogP contribution in [0.3, 0.4) is 0 Å². The summed E-state index contributed by atoms with van der Waals surface area (Å²) in [5, 5.41) is 12.3. The molecule has 0 saturated carbocycles. The first-order valence-corrected chi connectivity index (χ1v) is 4.55. The molecule has 6 heteroatoms. The minimum absolute atomic E-state index is 0.103. The van der Waals surface area contributed by atoms with Gasteiger partial charge in [0, 0.05) is 18.1 Å². The first kappa shape index (κ1) is 9.79. The molecule has 0 aromatic carbocycles. The van der Waals surface area contributed by atoms with Crippen LogP contribution in [-0.4, -0.2) is 28.1 Å². The molecule has 0 aliphatic carbocycles. The van der Waals surface area contributed by atoms with Crippen molar-refractivity contribution in [2.45, 2.75) is 13.5 Å². The van der Waals surface area contributed by atoms with E-state index < -0.39 is 0 Å². The Hall–Kier alpha value is -1.30. The summed E-state index contributed by atoms with van der Waals surface area (Å²) in [4.78, 5) is 6.84. The Kier molecular flexibility index (Phi) is 3.07. The van der Waals surface area contributed by atoms with Crippen LogP contribution in [0.2, 0.25) is 0 Å². The molecule has 72 valence electrons. The zero-order chi connectivity index (χ0) is 9.84. The van der Waals surface area contributed by atoms with E-state index in [0.29, 0.717) is 6.54 Å². The second kappa shape index (κ2) is 4.08. The number of hydrogen-bond donors (Lipinski definition) is 2. The number of thiazole rings is 1. The number of rotatable bonds is 2. The van der Waals surface area contributed by atoms with Gasteiger partial charge in [0.15, 0.2) is 0 Å². The lowest BCUT2D eigenvalue weighted by Crippen LogP contribution is -2.33. The molecule has 1 heterocycles. The molecule has 0 aliphatic rings. The van der Waals surface area contributed by atoms with Crippen LogP contribution in [0.4, 0.5) is 0 Å². The van der Waals surface area contributed by atoms with Crippen molar-refractivity contribution in [1.29, 1.82) is 0 Å². The van der Waals surface area contributed by atoms with Crippen LogP contribution in [0.15, 0.2) is 11.4 Å². The van der Waals surface area contributed by atoms with Gasteiger partial charge in [0.1, 0.15) is 0 Å². The maximum atomic E-state index is 8.40. The van der Waals surface area contributed by atoms with Gasteiger partial charge >= 0.3 is 0 Å². The summed E-state index contributed by atoms with van der Waals surface area (Å²) in [6.45, 7) is 2.55. The average Bonchev–Trinajstić information content (AvgIpc) is 2.49. The van der Waals surface area contributed by atoms with E-state index in [2.05, 4.69) is 10.1 Å². The molecule has 5 nitrogen and oxygen atoms in total. The smallest absolute Gasteiger partial charge is 0.233 e. The Morgan fingerprint density at radius 2 is 2.54 bits per heavy atom. The highest BCUT2D eigenvalue weighted by atomic mass is 32.1. The first-order valence-electron chi connectivity index (χ1n) is 3.73. The molecule has 0 saturated heterocycles. The van der Waals surface area contributed by atoms with Gasteiger partial charge in [-0.25, -0.2) is 4.98 Å². The first-order chi connectivity index (χ1) is 6.13. The standard InChI is InChI=1S/C7H12N4OS/c1-5-9-3-6(13-5)4-11(2)7(8)10-12/h3,12H,4H2,1-2H3,(H2,8,10). The van der Waals surface area contributed by atoms with Crippen molar-refractivity contribution < 1.29 is 5.21 Å². The van der Waals surface area contributed by atoms with E-state index in [0.717, 1.165) is 9.88 Å². The maximum Gasteiger partial charge on any atom is 0.233 e. The van der Waals surface area contributed by atoms with E-state index in [-0.39, 0.29) is 5.96 Å². The van der Waals surface area contributed by atoms with Crippen LogP contribution < -0.4 is 5.73 Å². The van der Waals surface area contributed by atoms with Crippen LogP contribution in [0.5, 0.6) is 0 Å². The zero-order valence-electron chi connectivity index (χ0n) is 7.56. The van der Waals surface area contributed by atoms with Crippen LogP contribution in [0, 0.1) is 6.92 Å². The number of nitrogens with zero attached hydrogens (tertiary/aromatic N) is 3. The van der Waals surface area contributed by atoms with Crippen LogP contribution in [0.1, 0.15) is 9.88 Å². The highest BCUT2D eigenvalue weighted by molar-refractivity contribution is 7.11. The van der Waals surface area contributed by atoms with Gasteiger partial charge in [-0.2, -0.15) is 0 Å². The SMILES string of the molecule is Cc1ncc(CN(C)/C(N)=N/O)s1. The quantitative estimate of drug-likeness (QED) is 0.317. The highest BCUT2D eigenvalue weighted by Crippen LogP contribution is 2.12. The number of hydrogen-bond acceptors (Lipinski definition) is 4. The molecule has 0 radical (unpaired) electrons. The predicted octanol–water partition coefficient (Wildman–Crippen LogP) is 0.587. The largest absolute Gasteiger partial charge is 0.408 e. The number of nitrogens with two attached hydrogens (primary N) is 1. The van der Waals surface area contributed by atoms with Gasteiger partial charge in [0.05, 0.1) is 11.6 Å². The molecule has 1 aromatic rings. The summed E-state index contributed by atoms with van der Waals surface area (Å²) in [5.74, 6) is 0.103. The molecule has 13 heavy (non-hydrogen) atoms. The normalized spacial score (nSPS) is 11.7. The maximum absolute atomic E-state index is 8.40. The molecule has 0 aliphatic heterocycles. The fourth-order valence-electron chi connectivity index (χ4n) is 0.870. The summed E-state index contributed by atoms with van der Waals surface area (Å²) in [6, 6.07) is 0. The third-order valence-electron chi connectivity index (χ3n) is 1.56. The molecule has 0 spiro atoms. The Bertz CT molecular complexity index is 309. The van der Waals surface area contributed by atoms with Crippen molar-refractivity contribution in [1.82, 2.24) is 9.88 Å². The molecule has 1 rings (SSSR count). The van der Waals surface area contributed by atoms with Crippen LogP contribution in [0.25, 0.3) is 0 Å². The highest BCUT2D eigenvalue weighted by Gasteiger charge is 2.05. The van der Waals surface area contributed by atoms with E-state index in [4.69, 9.17) is 10.9 Å². The monoisotopic (exact) mass is 200 g/mol. The predicted molar refractivity (Wildman–Crippen MR) is 51.7 cm³/mol. The molecule has 0 bridgehead atoms. The van der Waals surface area contributed by atoms with Crippen molar-refractivity contribution in [3.8, 4) is 0 Å². The molecular weight excluding hydrogens is 188 g/mol. The molecular formula is C7H12N4OS. The Labute approximate surface area is 80.5 Å².